The molecule has 2 saturated carbocycles. The second kappa shape index (κ2) is 3.26. The second-order valence-corrected chi connectivity index (χ2v) is 4.30. The van der Waals surface area contributed by atoms with E-state index in [1.807, 2.05) is 0 Å². The smallest absolute Gasteiger partial charge is 0.309 e. The highest BCUT2D eigenvalue weighted by atomic mass is 16.5. The third-order valence-electron chi connectivity index (χ3n) is 3.49. The highest BCUT2D eigenvalue weighted by Crippen LogP contribution is 2.53. The molecule has 0 heterocycles. The van der Waals surface area contributed by atoms with Gasteiger partial charge in [-0.25, -0.2) is 0 Å². The molecule has 2 rings (SSSR count). The lowest BCUT2D eigenvalue weighted by Crippen LogP contribution is -2.34. The number of ether oxygens (including phenoxy) is 1. The summed E-state index contributed by atoms with van der Waals surface area (Å²) in [5, 5.41) is 8.98. The van der Waals surface area contributed by atoms with Crippen LogP contribution < -0.4 is 0 Å². The van der Waals surface area contributed by atoms with Gasteiger partial charge in [0.05, 0.1) is 18.9 Å². The van der Waals surface area contributed by atoms with Crippen LogP contribution in [0.25, 0.3) is 0 Å². The highest BCUT2D eigenvalue weighted by molar-refractivity contribution is 5.81. The maximum Gasteiger partial charge on any atom is 0.309 e. The average molecular weight is 198 g/mol. The van der Waals surface area contributed by atoms with E-state index in [-0.39, 0.29) is 5.97 Å². The molecule has 2 aliphatic carbocycles. The molecular weight excluding hydrogens is 184 g/mol. The number of carbonyl (C=O) groups is 2. The predicted octanol–water partition coefficient (Wildman–Crippen LogP) is 0.906. The van der Waals surface area contributed by atoms with Crippen LogP contribution in [0.15, 0.2) is 0 Å². The summed E-state index contributed by atoms with van der Waals surface area (Å²) in [6.07, 6.45) is 2.45. The van der Waals surface area contributed by atoms with Crippen LogP contribution in [-0.4, -0.2) is 24.2 Å². The summed E-state index contributed by atoms with van der Waals surface area (Å²) in [5.41, 5.74) is 0. The van der Waals surface area contributed by atoms with E-state index in [0.29, 0.717) is 24.7 Å². The van der Waals surface area contributed by atoms with Crippen molar-refractivity contribution in [2.24, 2.45) is 23.7 Å². The van der Waals surface area contributed by atoms with Gasteiger partial charge in [0.15, 0.2) is 0 Å². The highest BCUT2D eigenvalue weighted by Gasteiger charge is 2.51. The minimum Gasteiger partial charge on any atom is -0.481 e. The molecule has 0 aromatic rings. The van der Waals surface area contributed by atoms with Gasteiger partial charge in [0.1, 0.15) is 0 Å². The topological polar surface area (TPSA) is 63.6 Å². The summed E-state index contributed by atoms with van der Waals surface area (Å²) in [6.45, 7) is 0. The van der Waals surface area contributed by atoms with Gasteiger partial charge in [-0.05, 0) is 31.1 Å². The fourth-order valence-electron chi connectivity index (χ4n) is 2.55. The maximum absolute atomic E-state index is 11.4. The van der Waals surface area contributed by atoms with Crippen molar-refractivity contribution in [2.75, 3.05) is 7.11 Å². The van der Waals surface area contributed by atoms with E-state index < -0.39 is 17.8 Å². The molecule has 1 N–H and O–H groups in total. The van der Waals surface area contributed by atoms with Crippen LogP contribution in [0, 0.1) is 23.7 Å². The van der Waals surface area contributed by atoms with Crippen LogP contribution in [0.1, 0.15) is 19.3 Å². The molecule has 0 bridgehead atoms. The summed E-state index contributed by atoms with van der Waals surface area (Å²) >= 11 is 0. The first-order valence-corrected chi connectivity index (χ1v) is 4.94. The molecule has 0 spiro atoms. The lowest BCUT2D eigenvalue weighted by atomic mass is 9.79. The fourth-order valence-corrected chi connectivity index (χ4v) is 2.55. The Hall–Kier alpha value is -1.06. The van der Waals surface area contributed by atoms with E-state index in [0.717, 1.165) is 6.42 Å². The summed E-state index contributed by atoms with van der Waals surface area (Å²) in [5.74, 6) is -1.02. The monoisotopic (exact) mass is 198 g/mol. The van der Waals surface area contributed by atoms with Crippen molar-refractivity contribution < 1.29 is 19.4 Å². The molecule has 14 heavy (non-hydrogen) atoms. The Balaban J connectivity index is 2.10. The molecule has 4 nitrogen and oxygen atoms in total. The summed E-state index contributed by atoms with van der Waals surface area (Å²) in [7, 11) is 1.32. The average Bonchev–Trinajstić information content (AvgIpc) is 2.92. The van der Waals surface area contributed by atoms with Crippen molar-refractivity contribution in [3.8, 4) is 0 Å². The second-order valence-electron chi connectivity index (χ2n) is 4.30. The standard InChI is InChI=1S/C10H14O4/c1-14-10(13)8-4-6-2-5(6)3-7(8)9(11)12/h5-8H,2-4H2,1H3,(H,11,12)/t5-,6+,7+,8+/m0/s1. The molecule has 2 fully saturated rings. The Morgan fingerprint density at radius 1 is 1.14 bits per heavy atom. The lowest BCUT2D eigenvalue weighted by Gasteiger charge is -2.25. The quantitative estimate of drug-likeness (QED) is 0.670. The Bertz CT molecular complexity index is 273. The Kier molecular flexibility index (Phi) is 2.21. The summed E-state index contributed by atoms with van der Waals surface area (Å²) in [6, 6.07) is 0. The number of hydrogen-bond donors (Lipinski definition) is 1. The van der Waals surface area contributed by atoms with Crippen LogP contribution in [0.2, 0.25) is 0 Å². The van der Waals surface area contributed by atoms with E-state index >= 15 is 0 Å². The van der Waals surface area contributed by atoms with Crippen molar-refractivity contribution in [2.45, 2.75) is 19.3 Å². The number of carboxylic acids is 1. The third kappa shape index (κ3) is 1.49. The fraction of sp³-hybridized carbons (Fsp3) is 0.800. The molecular formula is C10H14O4. The van der Waals surface area contributed by atoms with Crippen LogP contribution >= 0.6 is 0 Å². The largest absolute Gasteiger partial charge is 0.481 e. The maximum atomic E-state index is 11.4. The minimum absolute atomic E-state index is 0.359. The number of esters is 1. The number of fused-ring (bicyclic) bond motifs is 1. The zero-order valence-corrected chi connectivity index (χ0v) is 8.10. The van der Waals surface area contributed by atoms with Gasteiger partial charge in [-0.15, -0.1) is 0 Å². The zero-order chi connectivity index (χ0) is 10.3. The number of carboxylic acid groups (broad SMARTS) is 1. The summed E-state index contributed by atoms with van der Waals surface area (Å²) in [4.78, 5) is 22.3. The van der Waals surface area contributed by atoms with Crippen LogP contribution in [-0.2, 0) is 14.3 Å². The van der Waals surface area contributed by atoms with Crippen LogP contribution in [0.3, 0.4) is 0 Å². The predicted molar refractivity (Wildman–Crippen MR) is 47.5 cm³/mol. The van der Waals surface area contributed by atoms with Gasteiger partial charge in [-0.3, -0.25) is 9.59 Å². The van der Waals surface area contributed by atoms with Crippen molar-refractivity contribution >= 4 is 11.9 Å². The van der Waals surface area contributed by atoms with Gasteiger partial charge in [0.25, 0.3) is 0 Å². The van der Waals surface area contributed by atoms with Crippen molar-refractivity contribution in [3.63, 3.8) is 0 Å². The van der Waals surface area contributed by atoms with Gasteiger partial charge < -0.3 is 9.84 Å². The zero-order valence-electron chi connectivity index (χ0n) is 8.10. The van der Waals surface area contributed by atoms with E-state index in [4.69, 9.17) is 5.11 Å². The summed E-state index contributed by atoms with van der Waals surface area (Å²) < 4.78 is 4.63. The Labute approximate surface area is 82.2 Å². The first kappa shape index (κ1) is 9.49. The van der Waals surface area contributed by atoms with Gasteiger partial charge in [0, 0.05) is 0 Å². The number of rotatable bonds is 2. The number of methoxy groups -OCH3 is 1. The molecule has 2 aliphatic rings. The van der Waals surface area contributed by atoms with E-state index in [2.05, 4.69) is 4.74 Å². The van der Waals surface area contributed by atoms with Crippen molar-refractivity contribution in [1.82, 2.24) is 0 Å². The first-order valence-electron chi connectivity index (χ1n) is 4.94. The van der Waals surface area contributed by atoms with Gasteiger partial charge >= 0.3 is 11.9 Å². The molecule has 0 saturated heterocycles. The lowest BCUT2D eigenvalue weighted by molar-refractivity contribution is -0.157. The Morgan fingerprint density at radius 3 is 2.21 bits per heavy atom. The third-order valence-corrected chi connectivity index (χ3v) is 3.49. The molecule has 0 radical (unpaired) electrons. The molecule has 0 amide bonds. The van der Waals surface area contributed by atoms with Gasteiger partial charge in [-0.1, -0.05) is 0 Å². The number of carbonyl (C=O) groups excluding carboxylic acids is 1. The van der Waals surface area contributed by atoms with Crippen molar-refractivity contribution in [1.29, 1.82) is 0 Å². The number of hydrogen-bond acceptors (Lipinski definition) is 3. The van der Waals surface area contributed by atoms with Gasteiger partial charge in [-0.2, -0.15) is 0 Å². The molecule has 0 unspecified atom stereocenters. The molecule has 78 valence electrons. The molecule has 4 atom stereocenters. The molecule has 0 aliphatic heterocycles. The molecule has 0 aromatic heterocycles. The van der Waals surface area contributed by atoms with E-state index in [1.54, 1.807) is 0 Å². The first-order chi connectivity index (χ1) is 6.63. The minimum atomic E-state index is -0.856. The molecule has 0 aromatic carbocycles. The van der Waals surface area contributed by atoms with E-state index in [1.165, 1.54) is 7.11 Å². The van der Waals surface area contributed by atoms with E-state index in [9.17, 15) is 9.59 Å². The van der Waals surface area contributed by atoms with Crippen LogP contribution in [0.5, 0.6) is 0 Å². The van der Waals surface area contributed by atoms with Crippen LogP contribution in [0.4, 0.5) is 0 Å². The normalized spacial score (nSPS) is 39.8. The number of aliphatic carboxylic acids is 1. The van der Waals surface area contributed by atoms with Gasteiger partial charge in [0.2, 0.25) is 0 Å². The molecule has 4 heteroatoms. The Morgan fingerprint density at radius 2 is 1.71 bits per heavy atom. The van der Waals surface area contributed by atoms with Crippen molar-refractivity contribution in [3.05, 3.63) is 0 Å². The SMILES string of the molecule is COC(=O)[C@@H]1C[C@H]2C[C@H]2C[C@H]1C(=O)O.